The van der Waals surface area contributed by atoms with Crippen molar-refractivity contribution in [2.45, 2.75) is 64.4 Å². The van der Waals surface area contributed by atoms with E-state index in [1.54, 1.807) is 11.5 Å². The van der Waals surface area contributed by atoms with Crippen molar-refractivity contribution in [3.05, 3.63) is 57.9 Å². The van der Waals surface area contributed by atoms with E-state index in [9.17, 15) is 18.0 Å². The molecule has 0 aliphatic carbocycles. The maximum absolute atomic E-state index is 13.1. The Balaban J connectivity index is 1.68. The molecule has 192 valence electrons. The lowest BCUT2D eigenvalue weighted by molar-refractivity contribution is -0.143. The standard InChI is InChI=1S/C26H31N3O5S2/c1-5-34-24(30)16-28-22-14-17(2)18(3)15-23(22)35-26(28)27-25(31)20-9-11-21(12-10-20)36(32,33)29-13-7-6-8-19(29)4/h9-12,14-15,19H,5-8,13,16H2,1-4H3. The lowest BCUT2D eigenvalue weighted by Gasteiger charge is -2.32. The van der Waals surface area contributed by atoms with E-state index in [1.165, 1.54) is 39.9 Å². The van der Waals surface area contributed by atoms with Gasteiger partial charge in [-0.05, 0) is 88.1 Å². The number of aromatic nitrogens is 1. The monoisotopic (exact) mass is 529 g/mol. The molecule has 0 bridgehead atoms. The minimum Gasteiger partial charge on any atom is -0.465 e. The van der Waals surface area contributed by atoms with E-state index in [4.69, 9.17) is 4.74 Å². The normalized spacial score (nSPS) is 17.4. The summed E-state index contributed by atoms with van der Waals surface area (Å²) in [7, 11) is -3.63. The van der Waals surface area contributed by atoms with Crippen molar-refractivity contribution in [2.75, 3.05) is 13.2 Å². The third-order valence-electron chi connectivity index (χ3n) is 6.54. The van der Waals surface area contributed by atoms with E-state index in [0.717, 1.165) is 40.6 Å². The first-order valence-electron chi connectivity index (χ1n) is 12.1. The van der Waals surface area contributed by atoms with Crippen molar-refractivity contribution in [3.8, 4) is 0 Å². The molecule has 1 aromatic heterocycles. The van der Waals surface area contributed by atoms with Crippen molar-refractivity contribution in [3.63, 3.8) is 0 Å². The Morgan fingerprint density at radius 2 is 1.81 bits per heavy atom. The minimum absolute atomic E-state index is 0.0462. The van der Waals surface area contributed by atoms with Crippen molar-refractivity contribution >= 4 is 43.5 Å². The maximum Gasteiger partial charge on any atom is 0.326 e. The van der Waals surface area contributed by atoms with Gasteiger partial charge in [-0.3, -0.25) is 9.59 Å². The number of carbonyl (C=O) groups excluding carboxylic acids is 2. The minimum atomic E-state index is -3.63. The van der Waals surface area contributed by atoms with Crippen LogP contribution >= 0.6 is 11.3 Å². The van der Waals surface area contributed by atoms with Gasteiger partial charge in [0.15, 0.2) is 4.80 Å². The van der Waals surface area contributed by atoms with Crippen LogP contribution in [0, 0.1) is 13.8 Å². The van der Waals surface area contributed by atoms with Gasteiger partial charge in [-0.15, -0.1) is 0 Å². The smallest absolute Gasteiger partial charge is 0.326 e. The van der Waals surface area contributed by atoms with Gasteiger partial charge in [0.1, 0.15) is 6.54 Å². The second-order valence-electron chi connectivity index (χ2n) is 9.08. The zero-order valence-electron chi connectivity index (χ0n) is 21.0. The van der Waals surface area contributed by atoms with Gasteiger partial charge in [-0.25, -0.2) is 8.42 Å². The number of rotatable bonds is 6. The van der Waals surface area contributed by atoms with Crippen molar-refractivity contribution < 1.29 is 22.7 Å². The van der Waals surface area contributed by atoms with Gasteiger partial charge in [-0.2, -0.15) is 9.30 Å². The van der Waals surface area contributed by atoms with Crippen molar-refractivity contribution in [2.24, 2.45) is 4.99 Å². The number of ether oxygens (including phenoxy) is 1. The molecule has 10 heteroatoms. The third-order valence-corrected chi connectivity index (χ3v) is 9.61. The molecule has 3 aromatic rings. The molecule has 1 saturated heterocycles. The molecule has 0 N–H and O–H groups in total. The average Bonchev–Trinajstić information content (AvgIpc) is 3.15. The molecular formula is C26H31N3O5S2. The fourth-order valence-electron chi connectivity index (χ4n) is 4.38. The Morgan fingerprint density at radius 3 is 2.47 bits per heavy atom. The fraction of sp³-hybridized carbons (Fsp3) is 0.423. The van der Waals surface area contributed by atoms with Crippen LogP contribution < -0.4 is 4.80 Å². The van der Waals surface area contributed by atoms with Crippen LogP contribution in [0.4, 0.5) is 0 Å². The second-order valence-corrected chi connectivity index (χ2v) is 12.0. The first-order chi connectivity index (χ1) is 17.1. The van der Waals surface area contributed by atoms with Crippen molar-refractivity contribution in [1.29, 1.82) is 0 Å². The van der Waals surface area contributed by atoms with Crippen LogP contribution in [0.25, 0.3) is 10.2 Å². The lowest BCUT2D eigenvalue weighted by Crippen LogP contribution is -2.41. The number of sulfonamides is 1. The van der Waals surface area contributed by atoms with Crippen molar-refractivity contribution in [1.82, 2.24) is 8.87 Å². The number of carbonyl (C=O) groups is 2. The highest BCUT2D eigenvalue weighted by molar-refractivity contribution is 7.89. The number of benzene rings is 2. The summed E-state index contributed by atoms with van der Waals surface area (Å²) in [5.41, 5.74) is 3.24. The van der Waals surface area contributed by atoms with E-state index in [-0.39, 0.29) is 29.7 Å². The Bertz CT molecular complexity index is 1470. The van der Waals surface area contributed by atoms with Crippen LogP contribution in [0.2, 0.25) is 0 Å². The van der Waals surface area contributed by atoms with Gasteiger partial charge < -0.3 is 9.30 Å². The molecule has 1 fully saturated rings. The molecule has 1 unspecified atom stereocenters. The number of aryl methyl sites for hydroxylation is 2. The van der Waals surface area contributed by atoms with Crippen LogP contribution in [-0.4, -0.2) is 48.4 Å². The van der Waals surface area contributed by atoms with Crippen LogP contribution in [0.5, 0.6) is 0 Å². The predicted molar refractivity (Wildman–Crippen MR) is 139 cm³/mol. The summed E-state index contributed by atoms with van der Waals surface area (Å²) < 4.78 is 35.5. The van der Waals surface area contributed by atoms with E-state index in [1.807, 2.05) is 32.9 Å². The molecule has 1 amide bonds. The van der Waals surface area contributed by atoms with Crippen LogP contribution in [0.3, 0.4) is 0 Å². The summed E-state index contributed by atoms with van der Waals surface area (Å²) in [6, 6.07) is 9.85. The third kappa shape index (κ3) is 5.30. The Morgan fingerprint density at radius 1 is 1.11 bits per heavy atom. The number of esters is 1. The molecule has 4 rings (SSSR count). The Kier molecular flexibility index (Phi) is 7.77. The zero-order valence-corrected chi connectivity index (χ0v) is 22.6. The number of piperidine rings is 1. The quantitative estimate of drug-likeness (QED) is 0.446. The predicted octanol–water partition coefficient (Wildman–Crippen LogP) is 4.19. The summed E-state index contributed by atoms with van der Waals surface area (Å²) in [6.45, 7) is 8.37. The fourth-order valence-corrected chi connectivity index (χ4v) is 7.19. The molecule has 0 saturated carbocycles. The van der Waals surface area contributed by atoms with Gasteiger partial charge in [0.25, 0.3) is 5.91 Å². The Labute approximate surface area is 215 Å². The highest BCUT2D eigenvalue weighted by atomic mass is 32.2. The second kappa shape index (κ2) is 10.7. The first kappa shape index (κ1) is 26.2. The van der Waals surface area contributed by atoms with Gasteiger partial charge in [-0.1, -0.05) is 17.8 Å². The molecule has 0 radical (unpaired) electrons. The van der Waals surface area contributed by atoms with E-state index >= 15 is 0 Å². The lowest BCUT2D eigenvalue weighted by atomic mass is 10.1. The van der Waals surface area contributed by atoms with E-state index < -0.39 is 21.9 Å². The van der Waals surface area contributed by atoms with Crippen LogP contribution in [0.1, 0.15) is 54.6 Å². The molecule has 36 heavy (non-hydrogen) atoms. The molecule has 1 aliphatic heterocycles. The molecule has 0 spiro atoms. The van der Waals surface area contributed by atoms with E-state index in [0.29, 0.717) is 11.3 Å². The number of nitrogens with zero attached hydrogens (tertiary/aromatic N) is 3. The summed E-state index contributed by atoms with van der Waals surface area (Å²) in [6.07, 6.45) is 2.71. The topological polar surface area (TPSA) is 98.0 Å². The van der Waals surface area contributed by atoms with Crippen LogP contribution in [-0.2, 0) is 26.1 Å². The zero-order chi connectivity index (χ0) is 26.0. The van der Waals surface area contributed by atoms with Gasteiger partial charge >= 0.3 is 5.97 Å². The number of thiazole rings is 1. The molecule has 2 heterocycles. The summed E-state index contributed by atoms with van der Waals surface area (Å²) in [5.74, 6) is -0.922. The average molecular weight is 530 g/mol. The molecule has 8 nitrogen and oxygen atoms in total. The number of hydrogen-bond acceptors (Lipinski definition) is 6. The summed E-state index contributed by atoms with van der Waals surface area (Å²) in [4.78, 5) is 30.2. The maximum atomic E-state index is 13.1. The largest absolute Gasteiger partial charge is 0.465 e. The molecule has 1 atom stereocenters. The Hall–Kier alpha value is -2.82. The molecule has 1 aliphatic rings. The SMILES string of the molecule is CCOC(=O)Cn1c(=NC(=O)c2ccc(S(=O)(=O)N3CCCCC3C)cc2)sc2cc(C)c(C)cc21. The molecular weight excluding hydrogens is 498 g/mol. The summed E-state index contributed by atoms with van der Waals surface area (Å²) >= 11 is 1.32. The highest BCUT2D eigenvalue weighted by Crippen LogP contribution is 2.26. The number of amides is 1. The highest BCUT2D eigenvalue weighted by Gasteiger charge is 2.31. The van der Waals surface area contributed by atoms with Gasteiger partial charge in [0.05, 0.1) is 21.7 Å². The number of hydrogen-bond donors (Lipinski definition) is 0. The van der Waals surface area contributed by atoms with Gasteiger partial charge in [0, 0.05) is 18.2 Å². The molecule has 2 aromatic carbocycles. The van der Waals surface area contributed by atoms with Crippen LogP contribution in [0.15, 0.2) is 46.3 Å². The van der Waals surface area contributed by atoms with E-state index in [2.05, 4.69) is 4.99 Å². The van der Waals surface area contributed by atoms with Gasteiger partial charge in [0.2, 0.25) is 10.0 Å². The number of fused-ring (bicyclic) bond motifs is 1. The first-order valence-corrected chi connectivity index (χ1v) is 14.3. The summed E-state index contributed by atoms with van der Waals surface area (Å²) in [5, 5.41) is 0.